The number of nitrogens with zero attached hydrogens (tertiary/aromatic N) is 1. The average Bonchev–Trinajstić information content (AvgIpc) is 2.27. The largest absolute Gasteiger partial charge is 0.450 e. The van der Waals surface area contributed by atoms with Crippen molar-refractivity contribution in [1.29, 1.82) is 0 Å². The first kappa shape index (κ1) is 15.1. The minimum Gasteiger partial charge on any atom is -0.450 e. The molecule has 0 N–H and O–H groups in total. The highest BCUT2D eigenvalue weighted by Crippen LogP contribution is 2.04. The molecule has 0 atom stereocenters. The van der Waals surface area contributed by atoms with E-state index in [9.17, 15) is 4.79 Å². The zero-order valence-electron chi connectivity index (χ0n) is 9.88. The molecular formula is C12H20ClNO2. The van der Waals surface area contributed by atoms with Gasteiger partial charge in [0.1, 0.15) is 0 Å². The molecule has 0 aliphatic carbocycles. The maximum atomic E-state index is 11.4. The number of carbonyl (C=O) groups is 1. The highest BCUT2D eigenvalue weighted by molar-refractivity contribution is 6.17. The molecular weight excluding hydrogens is 226 g/mol. The summed E-state index contributed by atoms with van der Waals surface area (Å²) in [5.41, 5.74) is 0. The molecule has 0 saturated carbocycles. The van der Waals surface area contributed by atoms with Crippen molar-refractivity contribution in [1.82, 2.24) is 4.90 Å². The number of ether oxygens (including phenoxy) is 1. The molecule has 0 unspecified atom stereocenters. The lowest BCUT2D eigenvalue weighted by Crippen LogP contribution is -2.32. The van der Waals surface area contributed by atoms with E-state index in [0.29, 0.717) is 25.6 Å². The number of unbranched alkanes of at least 4 members (excludes halogenated alkanes) is 3. The van der Waals surface area contributed by atoms with Gasteiger partial charge in [0.05, 0.1) is 13.2 Å². The van der Waals surface area contributed by atoms with Crippen molar-refractivity contribution >= 4 is 17.7 Å². The highest BCUT2D eigenvalue weighted by Gasteiger charge is 2.12. The summed E-state index contributed by atoms with van der Waals surface area (Å²) >= 11 is 5.57. The quantitative estimate of drug-likeness (QED) is 0.374. The zero-order valence-corrected chi connectivity index (χ0v) is 10.6. The van der Waals surface area contributed by atoms with Crippen LogP contribution in [-0.2, 0) is 4.74 Å². The van der Waals surface area contributed by atoms with Gasteiger partial charge in [-0.05, 0) is 19.8 Å². The number of halogens is 1. The van der Waals surface area contributed by atoms with Gasteiger partial charge in [-0.25, -0.2) is 4.79 Å². The lowest BCUT2D eigenvalue weighted by Gasteiger charge is -2.19. The van der Waals surface area contributed by atoms with Crippen LogP contribution in [0.2, 0.25) is 0 Å². The van der Waals surface area contributed by atoms with Gasteiger partial charge in [-0.1, -0.05) is 18.8 Å². The Morgan fingerprint density at radius 1 is 1.38 bits per heavy atom. The summed E-state index contributed by atoms with van der Waals surface area (Å²) in [7, 11) is 0. The smallest absolute Gasteiger partial charge is 0.410 e. The van der Waals surface area contributed by atoms with Gasteiger partial charge in [-0.15, -0.1) is 18.0 Å². The molecule has 0 aromatic rings. The third kappa shape index (κ3) is 7.42. The standard InChI is InChI=1S/C12H20ClNO2/c1-3-10-14(12(15)16-4-2)11-8-6-5-7-9-13/h1H,4-11H2,2H3. The Morgan fingerprint density at radius 3 is 2.62 bits per heavy atom. The Bertz CT molecular complexity index is 226. The van der Waals surface area contributed by atoms with Crippen LogP contribution in [0.5, 0.6) is 0 Å². The average molecular weight is 246 g/mol. The topological polar surface area (TPSA) is 29.5 Å². The maximum Gasteiger partial charge on any atom is 0.410 e. The molecule has 0 aliphatic heterocycles. The van der Waals surface area contributed by atoms with Crippen LogP contribution in [0.15, 0.2) is 0 Å². The van der Waals surface area contributed by atoms with Crippen molar-refractivity contribution in [2.24, 2.45) is 0 Å². The number of hydrogen-bond acceptors (Lipinski definition) is 2. The van der Waals surface area contributed by atoms with Crippen LogP contribution in [0.4, 0.5) is 4.79 Å². The second-order valence-corrected chi connectivity index (χ2v) is 3.81. The van der Waals surface area contributed by atoms with Gasteiger partial charge in [-0.3, -0.25) is 4.90 Å². The minimum atomic E-state index is -0.321. The molecule has 92 valence electrons. The third-order valence-corrected chi connectivity index (χ3v) is 2.39. The van der Waals surface area contributed by atoms with E-state index in [-0.39, 0.29) is 6.09 Å². The van der Waals surface area contributed by atoms with E-state index >= 15 is 0 Å². The Kier molecular flexibility index (Phi) is 10.0. The molecule has 1 amide bonds. The summed E-state index contributed by atoms with van der Waals surface area (Å²) in [5.74, 6) is 3.16. The zero-order chi connectivity index (χ0) is 12.2. The van der Waals surface area contributed by atoms with Gasteiger partial charge < -0.3 is 4.74 Å². The number of terminal acetylenes is 1. The highest BCUT2D eigenvalue weighted by atomic mass is 35.5. The number of amides is 1. The molecule has 0 saturated heterocycles. The predicted octanol–water partition coefficient (Wildman–Crippen LogP) is 2.88. The number of rotatable bonds is 8. The van der Waals surface area contributed by atoms with Crippen LogP contribution < -0.4 is 0 Å². The van der Waals surface area contributed by atoms with E-state index in [2.05, 4.69) is 5.92 Å². The molecule has 0 spiro atoms. The summed E-state index contributed by atoms with van der Waals surface area (Å²) in [6.45, 7) is 3.14. The molecule has 0 fully saturated rings. The van der Waals surface area contributed by atoms with Crippen molar-refractivity contribution in [2.45, 2.75) is 32.6 Å². The summed E-state index contributed by atoms with van der Waals surface area (Å²) in [6.07, 6.45) is 9.00. The van der Waals surface area contributed by atoms with Crippen molar-refractivity contribution in [3.63, 3.8) is 0 Å². The van der Waals surface area contributed by atoms with Gasteiger partial charge in [0, 0.05) is 12.4 Å². The number of carbonyl (C=O) groups excluding carboxylic acids is 1. The summed E-state index contributed by atoms with van der Waals surface area (Å²) in [6, 6.07) is 0. The van der Waals surface area contributed by atoms with Crippen molar-refractivity contribution in [3.8, 4) is 12.3 Å². The molecule has 0 aliphatic rings. The third-order valence-electron chi connectivity index (χ3n) is 2.12. The SMILES string of the molecule is C#CCN(CCCCCCCl)C(=O)OCC. The first-order chi connectivity index (χ1) is 7.76. The van der Waals surface area contributed by atoms with Crippen LogP contribution in [0, 0.1) is 12.3 Å². The van der Waals surface area contributed by atoms with E-state index in [4.69, 9.17) is 22.8 Å². The van der Waals surface area contributed by atoms with Gasteiger partial charge in [0.2, 0.25) is 0 Å². The van der Waals surface area contributed by atoms with E-state index < -0.39 is 0 Å². The predicted molar refractivity (Wildman–Crippen MR) is 66.6 cm³/mol. The number of hydrogen-bond donors (Lipinski definition) is 0. The molecule has 0 radical (unpaired) electrons. The molecule has 0 aromatic heterocycles. The molecule has 0 heterocycles. The normalized spacial score (nSPS) is 9.56. The van der Waals surface area contributed by atoms with Crippen LogP contribution >= 0.6 is 11.6 Å². The lowest BCUT2D eigenvalue weighted by molar-refractivity contribution is 0.111. The Labute approximate surface area is 103 Å². The van der Waals surface area contributed by atoms with Crippen LogP contribution in [0.1, 0.15) is 32.6 Å². The second-order valence-electron chi connectivity index (χ2n) is 3.43. The first-order valence-corrected chi connectivity index (χ1v) is 6.20. The lowest BCUT2D eigenvalue weighted by atomic mass is 10.2. The Morgan fingerprint density at radius 2 is 2.06 bits per heavy atom. The molecule has 0 rings (SSSR count). The van der Waals surface area contributed by atoms with Gasteiger partial charge in [-0.2, -0.15) is 0 Å². The monoisotopic (exact) mass is 245 g/mol. The van der Waals surface area contributed by atoms with Crippen LogP contribution in [-0.4, -0.2) is 36.6 Å². The number of alkyl halides is 1. The van der Waals surface area contributed by atoms with E-state index in [1.54, 1.807) is 11.8 Å². The first-order valence-electron chi connectivity index (χ1n) is 5.67. The van der Waals surface area contributed by atoms with E-state index in [0.717, 1.165) is 25.7 Å². The van der Waals surface area contributed by atoms with E-state index in [1.165, 1.54) is 0 Å². The van der Waals surface area contributed by atoms with E-state index in [1.807, 2.05) is 0 Å². The second kappa shape index (κ2) is 10.6. The summed E-state index contributed by atoms with van der Waals surface area (Å²) in [4.78, 5) is 13.0. The fourth-order valence-corrected chi connectivity index (χ4v) is 1.50. The van der Waals surface area contributed by atoms with Crippen molar-refractivity contribution in [3.05, 3.63) is 0 Å². The summed E-state index contributed by atoms with van der Waals surface area (Å²) in [5, 5.41) is 0. The molecule has 16 heavy (non-hydrogen) atoms. The molecule has 3 nitrogen and oxygen atoms in total. The van der Waals surface area contributed by atoms with Crippen LogP contribution in [0.25, 0.3) is 0 Å². The van der Waals surface area contributed by atoms with Gasteiger partial charge in [0.25, 0.3) is 0 Å². The van der Waals surface area contributed by atoms with Gasteiger partial charge in [0.15, 0.2) is 0 Å². The van der Waals surface area contributed by atoms with Crippen molar-refractivity contribution < 1.29 is 9.53 Å². The Hall–Kier alpha value is -0.880. The fraction of sp³-hybridized carbons (Fsp3) is 0.750. The van der Waals surface area contributed by atoms with Crippen LogP contribution in [0.3, 0.4) is 0 Å². The molecule has 4 heteroatoms. The molecule has 0 bridgehead atoms. The van der Waals surface area contributed by atoms with Crippen molar-refractivity contribution in [2.75, 3.05) is 25.6 Å². The minimum absolute atomic E-state index is 0.314. The maximum absolute atomic E-state index is 11.4. The molecule has 0 aromatic carbocycles. The summed E-state index contributed by atoms with van der Waals surface area (Å²) < 4.78 is 4.91. The van der Waals surface area contributed by atoms with Gasteiger partial charge >= 0.3 is 6.09 Å². The Balaban J connectivity index is 3.76. The fourth-order valence-electron chi connectivity index (χ4n) is 1.31.